The third kappa shape index (κ3) is 2.11. The van der Waals surface area contributed by atoms with Gasteiger partial charge in [-0.15, -0.1) is 0 Å². The molecule has 0 spiro atoms. The Morgan fingerprint density at radius 1 is 1.12 bits per heavy atom. The quantitative estimate of drug-likeness (QED) is 0.835. The minimum absolute atomic E-state index is 0.308. The topological polar surface area (TPSA) is 61.0 Å². The van der Waals surface area contributed by atoms with E-state index < -0.39 is 0 Å². The van der Waals surface area contributed by atoms with E-state index in [1.54, 1.807) is 0 Å². The fourth-order valence-corrected chi connectivity index (χ4v) is 1.31. The number of aryl methyl sites for hydroxylation is 1. The maximum Gasteiger partial charge on any atom is 0.322 e. The van der Waals surface area contributed by atoms with Crippen LogP contribution in [0, 0.1) is 13.8 Å². The number of nitrogen functional groups attached to an aromatic ring is 1. The lowest BCUT2D eigenvalue weighted by Gasteiger charge is -2.08. The van der Waals surface area contributed by atoms with E-state index in [1.165, 1.54) is 18.0 Å². The van der Waals surface area contributed by atoms with Crippen LogP contribution < -0.4 is 10.5 Å². The lowest BCUT2D eigenvalue weighted by Crippen LogP contribution is -1.95. The van der Waals surface area contributed by atoms with Crippen LogP contribution in [-0.2, 0) is 0 Å². The summed E-state index contributed by atoms with van der Waals surface area (Å²) in [5.74, 6) is 0.768. The molecule has 0 radical (unpaired) electrons. The van der Waals surface area contributed by atoms with Gasteiger partial charge in [-0.3, -0.25) is 0 Å². The van der Waals surface area contributed by atoms with Crippen molar-refractivity contribution < 1.29 is 4.74 Å². The summed E-state index contributed by atoms with van der Waals surface area (Å²) in [6.07, 6.45) is 3.04. The summed E-state index contributed by atoms with van der Waals surface area (Å²) in [4.78, 5) is 7.97. The second kappa shape index (κ2) is 4.18. The molecule has 2 aromatic rings. The number of rotatable bonds is 2. The van der Waals surface area contributed by atoms with Crippen LogP contribution in [0.1, 0.15) is 11.1 Å². The van der Waals surface area contributed by atoms with Gasteiger partial charge in [0.15, 0.2) is 0 Å². The maximum atomic E-state index is 5.57. The number of hydrogen-bond donors (Lipinski definition) is 1. The molecule has 0 unspecified atom stereocenters. The molecule has 0 amide bonds. The molecule has 0 aliphatic carbocycles. The Labute approximate surface area is 94.1 Å². The van der Waals surface area contributed by atoms with Gasteiger partial charge in [-0.25, -0.2) is 9.97 Å². The first-order valence-electron chi connectivity index (χ1n) is 4.98. The van der Waals surface area contributed by atoms with Crippen molar-refractivity contribution in [3.05, 3.63) is 41.7 Å². The third-order valence-electron chi connectivity index (χ3n) is 2.40. The van der Waals surface area contributed by atoms with Crippen LogP contribution >= 0.6 is 0 Å². The van der Waals surface area contributed by atoms with Crippen LogP contribution in [0.3, 0.4) is 0 Å². The number of nitrogens with zero attached hydrogens (tertiary/aromatic N) is 2. The first-order chi connectivity index (χ1) is 7.66. The van der Waals surface area contributed by atoms with Crippen LogP contribution in [0.5, 0.6) is 11.8 Å². The molecular formula is C12H13N3O. The van der Waals surface area contributed by atoms with E-state index in [-0.39, 0.29) is 0 Å². The second-order valence-corrected chi connectivity index (χ2v) is 3.60. The Morgan fingerprint density at radius 3 is 2.50 bits per heavy atom. The monoisotopic (exact) mass is 215 g/mol. The zero-order valence-corrected chi connectivity index (χ0v) is 9.27. The van der Waals surface area contributed by atoms with Gasteiger partial charge in [-0.1, -0.05) is 12.1 Å². The van der Waals surface area contributed by atoms with E-state index in [9.17, 15) is 0 Å². The Balaban J connectivity index is 2.27. The number of hydrogen-bond acceptors (Lipinski definition) is 4. The summed E-state index contributed by atoms with van der Waals surface area (Å²) in [6, 6.07) is 6.17. The average Bonchev–Trinajstić information content (AvgIpc) is 2.28. The standard InChI is InChI=1S/C12H13N3O/c1-8-4-3-5-11(9(8)2)16-12-14-6-10(13)7-15-12/h3-7H,13H2,1-2H3. The minimum Gasteiger partial charge on any atom is -0.424 e. The van der Waals surface area contributed by atoms with Gasteiger partial charge in [0.05, 0.1) is 18.1 Å². The molecule has 0 fully saturated rings. The molecule has 0 saturated heterocycles. The van der Waals surface area contributed by atoms with Gasteiger partial charge in [0.25, 0.3) is 0 Å². The predicted octanol–water partition coefficient (Wildman–Crippen LogP) is 2.47. The molecule has 1 aromatic carbocycles. The van der Waals surface area contributed by atoms with Crippen molar-refractivity contribution in [3.8, 4) is 11.8 Å². The molecule has 16 heavy (non-hydrogen) atoms. The zero-order valence-electron chi connectivity index (χ0n) is 9.27. The second-order valence-electron chi connectivity index (χ2n) is 3.60. The van der Waals surface area contributed by atoms with Crippen LogP contribution in [0.4, 0.5) is 5.69 Å². The van der Waals surface area contributed by atoms with E-state index in [0.29, 0.717) is 11.7 Å². The molecule has 0 aliphatic heterocycles. The molecule has 0 saturated carbocycles. The van der Waals surface area contributed by atoms with E-state index in [0.717, 1.165) is 11.3 Å². The van der Waals surface area contributed by atoms with Crippen molar-refractivity contribution in [2.75, 3.05) is 5.73 Å². The van der Waals surface area contributed by atoms with Gasteiger partial charge < -0.3 is 10.5 Å². The summed E-state index contributed by atoms with van der Waals surface area (Å²) in [5, 5.41) is 0. The van der Waals surface area contributed by atoms with Crippen molar-refractivity contribution in [2.45, 2.75) is 13.8 Å². The van der Waals surface area contributed by atoms with E-state index in [2.05, 4.69) is 9.97 Å². The van der Waals surface area contributed by atoms with Gasteiger partial charge in [-0.05, 0) is 31.0 Å². The molecule has 0 aliphatic rings. The van der Waals surface area contributed by atoms with Gasteiger partial charge in [0.2, 0.25) is 0 Å². The number of anilines is 1. The predicted molar refractivity (Wildman–Crippen MR) is 62.4 cm³/mol. The Kier molecular flexibility index (Phi) is 2.72. The van der Waals surface area contributed by atoms with Gasteiger partial charge >= 0.3 is 6.01 Å². The summed E-state index contributed by atoms with van der Waals surface area (Å²) < 4.78 is 5.57. The van der Waals surface area contributed by atoms with Gasteiger partial charge in [0, 0.05) is 0 Å². The Hall–Kier alpha value is -2.10. The average molecular weight is 215 g/mol. The lowest BCUT2D eigenvalue weighted by atomic mass is 10.1. The van der Waals surface area contributed by atoms with Crippen LogP contribution in [0.2, 0.25) is 0 Å². The van der Waals surface area contributed by atoms with Crippen LogP contribution in [-0.4, -0.2) is 9.97 Å². The zero-order chi connectivity index (χ0) is 11.5. The number of aromatic nitrogens is 2. The van der Waals surface area contributed by atoms with Crippen LogP contribution in [0.15, 0.2) is 30.6 Å². The SMILES string of the molecule is Cc1cccc(Oc2ncc(N)cn2)c1C. The molecule has 1 aromatic heterocycles. The molecular weight excluding hydrogens is 202 g/mol. The van der Waals surface area contributed by atoms with Crippen molar-refractivity contribution in [2.24, 2.45) is 0 Å². The number of nitrogens with two attached hydrogens (primary N) is 1. The molecule has 1 heterocycles. The first kappa shape index (κ1) is 10.4. The Bertz CT molecular complexity index is 494. The summed E-state index contributed by atoms with van der Waals surface area (Å²) in [6.45, 7) is 4.04. The number of benzene rings is 1. The fraction of sp³-hybridized carbons (Fsp3) is 0.167. The molecule has 0 atom stereocenters. The molecule has 2 N–H and O–H groups in total. The molecule has 82 valence electrons. The summed E-state index contributed by atoms with van der Waals surface area (Å²) in [7, 11) is 0. The largest absolute Gasteiger partial charge is 0.424 e. The van der Waals surface area contributed by atoms with Gasteiger partial charge in [0.1, 0.15) is 5.75 Å². The van der Waals surface area contributed by atoms with Crippen LogP contribution in [0.25, 0.3) is 0 Å². The normalized spacial score (nSPS) is 10.1. The third-order valence-corrected chi connectivity index (χ3v) is 2.40. The molecule has 2 rings (SSSR count). The maximum absolute atomic E-state index is 5.57. The van der Waals surface area contributed by atoms with Crippen molar-refractivity contribution in [1.29, 1.82) is 0 Å². The van der Waals surface area contributed by atoms with E-state index >= 15 is 0 Å². The summed E-state index contributed by atoms with van der Waals surface area (Å²) >= 11 is 0. The van der Waals surface area contributed by atoms with E-state index in [4.69, 9.17) is 10.5 Å². The minimum atomic E-state index is 0.308. The highest BCUT2D eigenvalue weighted by molar-refractivity contribution is 5.40. The lowest BCUT2D eigenvalue weighted by molar-refractivity contribution is 0.438. The highest BCUT2D eigenvalue weighted by atomic mass is 16.5. The molecule has 4 heteroatoms. The highest BCUT2D eigenvalue weighted by Crippen LogP contribution is 2.24. The molecule has 0 bridgehead atoms. The molecule has 4 nitrogen and oxygen atoms in total. The van der Waals surface area contributed by atoms with Gasteiger partial charge in [-0.2, -0.15) is 0 Å². The first-order valence-corrected chi connectivity index (χ1v) is 4.98. The summed E-state index contributed by atoms with van der Waals surface area (Å²) in [5.41, 5.74) is 8.28. The van der Waals surface area contributed by atoms with Crippen molar-refractivity contribution >= 4 is 5.69 Å². The van der Waals surface area contributed by atoms with Crippen molar-refractivity contribution in [1.82, 2.24) is 9.97 Å². The van der Waals surface area contributed by atoms with Crippen molar-refractivity contribution in [3.63, 3.8) is 0 Å². The Morgan fingerprint density at radius 2 is 1.81 bits per heavy atom. The fourth-order valence-electron chi connectivity index (χ4n) is 1.31. The number of ether oxygens (including phenoxy) is 1. The smallest absolute Gasteiger partial charge is 0.322 e. The van der Waals surface area contributed by atoms with E-state index in [1.807, 2.05) is 32.0 Å². The highest BCUT2D eigenvalue weighted by Gasteiger charge is 2.04.